The number of rotatable bonds is 13. The number of pyridine rings is 1. The van der Waals surface area contributed by atoms with Crippen LogP contribution in [-0.2, 0) is 14.8 Å². The van der Waals surface area contributed by atoms with Crippen LogP contribution >= 0.6 is 0 Å². The fourth-order valence-electron chi connectivity index (χ4n) is 10.3. The molecular weight excluding hydrogens is 811 g/mol. The zero-order valence-corrected chi connectivity index (χ0v) is 35.2. The number of anilines is 2. The maximum Gasteiger partial charge on any atom is 0.293 e. The van der Waals surface area contributed by atoms with Crippen molar-refractivity contribution in [1.82, 2.24) is 19.6 Å². The highest BCUT2D eigenvalue weighted by Gasteiger charge is 2.50. The first-order chi connectivity index (χ1) is 30.0. The van der Waals surface area contributed by atoms with Crippen molar-refractivity contribution < 1.29 is 32.7 Å². The molecule has 0 radical (unpaired) electrons. The number of aliphatic hydroxyl groups is 1. The van der Waals surface area contributed by atoms with Gasteiger partial charge in [-0.25, -0.2) is 18.1 Å². The lowest BCUT2D eigenvalue weighted by molar-refractivity contribution is -0.384. The quantitative estimate of drug-likeness (QED) is 0.0678. The number of nitrogens with zero attached hydrogens (tertiary/aromatic N) is 4. The van der Waals surface area contributed by atoms with Gasteiger partial charge in [0.05, 0.1) is 40.4 Å². The zero-order chi connectivity index (χ0) is 42.6. The van der Waals surface area contributed by atoms with Gasteiger partial charge in [-0.3, -0.25) is 19.8 Å². The van der Waals surface area contributed by atoms with Crippen LogP contribution in [0.2, 0.25) is 0 Å². The van der Waals surface area contributed by atoms with Gasteiger partial charge in [-0.2, -0.15) is 0 Å². The van der Waals surface area contributed by atoms with E-state index in [9.17, 15) is 28.4 Å². The smallest absolute Gasteiger partial charge is 0.293 e. The number of piperidine rings is 1. The van der Waals surface area contributed by atoms with Gasteiger partial charge >= 0.3 is 0 Å². The molecule has 3 saturated heterocycles. The van der Waals surface area contributed by atoms with E-state index >= 15 is 0 Å². The fraction of sp³-hybridized carbons (Fsp3) is 0.435. The maximum absolute atomic E-state index is 13.9. The summed E-state index contributed by atoms with van der Waals surface area (Å²) in [6.45, 7) is 3.21. The summed E-state index contributed by atoms with van der Waals surface area (Å²) in [4.78, 5) is 37.4. The van der Waals surface area contributed by atoms with Gasteiger partial charge in [0.2, 0.25) is 0 Å². The molecular formula is C46H51N7O8S. The molecule has 15 nitrogen and oxygen atoms in total. The highest BCUT2D eigenvalue weighted by atomic mass is 32.2. The Morgan fingerprint density at radius 3 is 2.58 bits per heavy atom. The molecule has 2 unspecified atom stereocenters. The van der Waals surface area contributed by atoms with E-state index < -0.39 is 37.5 Å². The Bertz CT molecular complexity index is 2620. The molecule has 1 amide bonds. The molecule has 3 aromatic carbocycles. The van der Waals surface area contributed by atoms with Gasteiger partial charge in [0.1, 0.15) is 22.8 Å². The number of aromatic nitrogens is 2. The number of hydrogen-bond donors (Lipinski definition) is 4. The molecule has 3 aliphatic heterocycles. The number of hydrogen-bond acceptors (Lipinski definition) is 12. The number of carbonyl (C=O) groups excluding carboxylic acids is 1. The van der Waals surface area contributed by atoms with Gasteiger partial charge in [0.15, 0.2) is 0 Å². The first-order valence-electron chi connectivity index (χ1n) is 21.7. The molecule has 5 heterocycles. The van der Waals surface area contributed by atoms with Crippen LogP contribution in [0.25, 0.3) is 11.0 Å². The molecule has 62 heavy (non-hydrogen) atoms. The monoisotopic (exact) mass is 861 g/mol. The predicted octanol–water partition coefficient (Wildman–Crippen LogP) is 7.41. The zero-order valence-electron chi connectivity index (χ0n) is 34.4. The second-order valence-electron chi connectivity index (χ2n) is 17.8. The van der Waals surface area contributed by atoms with Crippen molar-refractivity contribution >= 4 is 44.0 Å². The summed E-state index contributed by atoms with van der Waals surface area (Å²) in [5.74, 6) is 0.292. The third kappa shape index (κ3) is 8.12. The molecule has 324 valence electrons. The number of H-pyrrole nitrogens is 1. The molecule has 0 bridgehead atoms. The fourth-order valence-corrected chi connectivity index (χ4v) is 11.3. The Labute approximate surface area is 360 Å². The number of likely N-dealkylation sites (tertiary alicyclic amines) is 1. The summed E-state index contributed by atoms with van der Waals surface area (Å²) in [5, 5.41) is 25.5. The van der Waals surface area contributed by atoms with Crippen LogP contribution in [0, 0.1) is 15.5 Å². The number of aromatic amines is 1. The van der Waals surface area contributed by atoms with Crippen LogP contribution in [0.3, 0.4) is 0 Å². The Morgan fingerprint density at radius 1 is 1.02 bits per heavy atom. The van der Waals surface area contributed by atoms with Crippen LogP contribution in [-0.4, -0.2) is 90.3 Å². The van der Waals surface area contributed by atoms with Gasteiger partial charge in [-0.15, -0.1) is 0 Å². The van der Waals surface area contributed by atoms with Crippen molar-refractivity contribution in [2.75, 3.05) is 43.0 Å². The first kappa shape index (κ1) is 40.5. The first-order valence-corrected chi connectivity index (χ1v) is 23.2. The predicted molar refractivity (Wildman–Crippen MR) is 233 cm³/mol. The minimum absolute atomic E-state index is 0.0308. The van der Waals surface area contributed by atoms with E-state index in [-0.39, 0.29) is 36.3 Å². The van der Waals surface area contributed by atoms with Gasteiger partial charge in [-0.05, 0) is 117 Å². The molecule has 5 fully saturated rings. The maximum atomic E-state index is 13.9. The lowest BCUT2D eigenvalue weighted by atomic mass is 9.59. The molecule has 4 N–H and O–H groups in total. The lowest BCUT2D eigenvalue weighted by Gasteiger charge is -2.56. The van der Waals surface area contributed by atoms with Crippen LogP contribution < -0.4 is 19.7 Å². The van der Waals surface area contributed by atoms with E-state index in [1.165, 1.54) is 63.4 Å². The number of fused-ring (bicyclic) bond motifs is 1. The SMILES string of the molecule is O=C(NS(=O)(=O)c1ccc(NCC2CC(O)CO2)c([N+](=O)[O-])c1)c1ccc(N2CCC3(CC2)CC(N2CCC[C@H]2c2ccccc2C2CC2)C3)cc1Oc1cnc2[nH]ccc2c1. The van der Waals surface area contributed by atoms with E-state index in [1.54, 1.807) is 35.5 Å². The Morgan fingerprint density at radius 2 is 1.82 bits per heavy atom. The average Bonchev–Trinajstić information content (AvgIpc) is 3.57. The summed E-state index contributed by atoms with van der Waals surface area (Å²) in [5.41, 5.74) is 4.52. The number of amides is 1. The molecule has 2 aliphatic carbocycles. The highest BCUT2D eigenvalue weighted by Crippen LogP contribution is 2.55. The van der Waals surface area contributed by atoms with E-state index in [0.717, 1.165) is 49.0 Å². The molecule has 5 aliphatic rings. The van der Waals surface area contributed by atoms with Gasteiger partial charge in [0, 0.05) is 67.5 Å². The van der Waals surface area contributed by atoms with Crippen molar-refractivity contribution in [2.24, 2.45) is 5.41 Å². The standard InChI is InChI=1S/C46H51N7O8S/c54-33-22-34(60-28-33)26-48-40-12-10-36(23-42(40)53(56)57)62(58,59)50-45(55)39-11-9-31(21-43(39)61-35-20-30-13-16-47-44(30)49-27-35)51-18-14-46(15-19-51)24-32(25-46)52-17-3-6-41(52)38-5-2-1-4-37(38)29-7-8-29/h1-2,4-5,9-13,16,20-21,23,27,29,32-34,41,48,54H,3,6-8,14-15,17-19,22,24-26,28H2,(H,47,49)(H,50,55)/t33?,34?,41-/m0/s1. The van der Waals surface area contributed by atoms with Crippen LogP contribution in [0.1, 0.15) is 91.2 Å². The van der Waals surface area contributed by atoms with E-state index in [4.69, 9.17) is 9.47 Å². The van der Waals surface area contributed by atoms with Crippen LogP contribution in [0.5, 0.6) is 11.5 Å². The molecule has 2 aromatic heterocycles. The van der Waals surface area contributed by atoms with Crippen LogP contribution in [0.15, 0.2) is 90.1 Å². The Hall–Kier alpha value is -5.55. The number of nitro groups is 1. The number of aliphatic hydroxyl groups excluding tert-OH is 1. The summed E-state index contributed by atoms with van der Waals surface area (Å²) in [6, 6.07) is 22.4. The normalized spacial score (nSPS) is 22.8. The number of sulfonamides is 1. The molecule has 3 atom stereocenters. The van der Waals surface area contributed by atoms with Gasteiger partial charge < -0.3 is 29.8 Å². The summed E-state index contributed by atoms with van der Waals surface area (Å²) >= 11 is 0. The van der Waals surface area contributed by atoms with E-state index in [1.807, 2.05) is 12.1 Å². The number of ether oxygens (including phenoxy) is 2. The largest absolute Gasteiger partial charge is 0.455 e. The third-order valence-electron chi connectivity index (χ3n) is 13.8. The van der Waals surface area contributed by atoms with Gasteiger partial charge in [-0.1, -0.05) is 24.3 Å². The second kappa shape index (κ2) is 16.3. The number of nitro benzene ring substituents is 1. The van der Waals surface area contributed by atoms with Gasteiger partial charge in [0.25, 0.3) is 21.6 Å². The Balaban J connectivity index is 0.841. The number of benzene rings is 3. The van der Waals surface area contributed by atoms with Crippen LogP contribution in [0.4, 0.5) is 17.1 Å². The molecule has 10 rings (SSSR count). The lowest BCUT2D eigenvalue weighted by Crippen LogP contribution is -2.54. The average molecular weight is 862 g/mol. The summed E-state index contributed by atoms with van der Waals surface area (Å²) < 4.78 is 41.2. The summed E-state index contributed by atoms with van der Waals surface area (Å²) in [7, 11) is -4.58. The van der Waals surface area contributed by atoms with Crippen molar-refractivity contribution in [2.45, 2.75) is 92.9 Å². The van der Waals surface area contributed by atoms with Crippen molar-refractivity contribution in [3.05, 3.63) is 112 Å². The minimum atomic E-state index is -4.58. The summed E-state index contributed by atoms with van der Waals surface area (Å²) in [6.07, 6.45) is 12.4. The van der Waals surface area contributed by atoms with Crippen molar-refractivity contribution in [3.8, 4) is 11.5 Å². The molecule has 2 saturated carbocycles. The third-order valence-corrected chi connectivity index (χ3v) is 15.1. The van der Waals surface area contributed by atoms with Crippen molar-refractivity contribution in [1.29, 1.82) is 0 Å². The van der Waals surface area contributed by atoms with Crippen molar-refractivity contribution in [3.63, 3.8) is 0 Å². The molecule has 5 aromatic rings. The Kier molecular flexibility index (Phi) is 10.6. The number of nitrogens with one attached hydrogen (secondary N) is 3. The second-order valence-corrected chi connectivity index (χ2v) is 19.5. The van der Waals surface area contributed by atoms with E-state index in [2.05, 4.69) is 54.1 Å². The molecule has 1 spiro atoms. The van der Waals surface area contributed by atoms with E-state index in [0.29, 0.717) is 35.3 Å². The highest BCUT2D eigenvalue weighted by molar-refractivity contribution is 7.90. The minimum Gasteiger partial charge on any atom is -0.455 e. The number of carbonyl (C=O) groups is 1. The molecule has 16 heteroatoms. The topological polar surface area (TPSA) is 192 Å².